The molecule has 20 heavy (non-hydrogen) atoms. The molecule has 1 N–H and O–H groups in total. The lowest BCUT2D eigenvalue weighted by atomic mass is 10.1. The van der Waals surface area contributed by atoms with Crippen LogP contribution < -0.4 is 10.1 Å². The van der Waals surface area contributed by atoms with E-state index in [1.165, 1.54) is 5.56 Å². The maximum Gasteiger partial charge on any atom is 0.226 e. The van der Waals surface area contributed by atoms with Crippen molar-refractivity contribution < 1.29 is 4.74 Å². The Bertz CT molecular complexity index is 604. The monoisotopic (exact) mass is 274 g/mol. The van der Waals surface area contributed by atoms with Gasteiger partial charge in [-0.15, -0.1) is 0 Å². The topological polar surface area (TPSA) is 52.0 Å². The molecule has 5 nitrogen and oxygen atoms in total. The summed E-state index contributed by atoms with van der Waals surface area (Å²) in [4.78, 5) is 4.53. The van der Waals surface area contributed by atoms with E-state index in [2.05, 4.69) is 35.3 Å². The highest BCUT2D eigenvalue weighted by Gasteiger charge is 2.13. The van der Waals surface area contributed by atoms with Gasteiger partial charge in [-0.05, 0) is 38.9 Å². The zero-order valence-corrected chi connectivity index (χ0v) is 12.8. The number of rotatable bonds is 5. The summed E-state index contributed by atoms with van der Waals surface area (Å²) in [7, 11) is 1.87. The number of pyridine rings is 1. The van der Waals surface area contributed by atoms with Crippen LogP contribution in [0.3, 0.4) is 0 Å². The highest BCUT2D eigenvalue weighted by atomic mass is 16.5. The molecule has 0 bridgehead atoms. The van der Waals surface area contributed by atoms with Gasteiger partial charge in [0.25, 0.3) is 0 Å². The first-order valence-corrected chi connectivity index (χ1v) is 6.87. The quantitative estimate of drug-likeness (QED) is 0.910. The van der Waals surface area contributed by atoms with E-state index in [0.29, 0.717) is 11.8 Å². The number of aryl methyl sites for hydroxylation is 4. The largest absolute Gasteiger partial charge is 0.421 e. The van der Waals surface area contributed by atoms with E-state index in [0.717, 1.165) is 30.0 Å². The Morgan fingerprint density at radius 3 is 2.55 bits per heavy atom. The third kappa shape index (κ3) is 3.17. The van der Waals surface area contributed by atoms with Crippen LogP contribution in [0.15, 0.2) is 12.1 Å². The molecule has 2 heterocycles. The van der Waals surface area contributed by atoms with Crippen molar-refractivity contribution >= 4 is 0 Å². The van der Waals surface area contributed by atoms with E-state index in [4.69, 9.17) is 4.74 Å². The Kier molecular flexibility index (Phi) is 4.39. The van der Waals surface area contributed by atoms with Gasteiger partial charge in [-0.3, -0.25) is 0 Å². The summed E-state index contributed by atoms with van der Waals surface area (Å²) >= 11 is 0. The smallest absolute Gasteiger partial charge is 0.226 e. The molecule has 5 heteroatoms. The maximum atomic E-state index is 5.97. The maximum absolute atomic E-state index is 5.97. The van der Waals surface area contributed by atoms with Crippen LogP contribution in [0.1, 0.15) is 29.4 Å². The molecule has 0 aromatic carbocycles. The molecule has 0 unspecified atom stereocenters. The normalized spacial score (nSPS) is 10.8. The van der Waals surface area contributed by atoms with Gasteiger partial charge in [-0.1, -0.05) is 6.92 Å². The molecular formula is C15H22N4O. The first-order valence-electron chi connectivity index (χ1n) is 6.87. The van der Waals surface area contributed by atoms with Crippen molar-refractivity contribution in [3.63, 3.8) is 0 Å². The summed E-state index contributed by atoms with van der Waals surface area (Å²) < 4.78 is 7.70. The Morgan fingerprint density at radius 2 is 1.95 bits per heavy atom. The second kappa shape index (κ2) is 6.05. The Hall–Kier alpha value is -1.88. The predicted octanol–water partition coefficient (Wildman–Crippen LogP) is 2.64. The number of hydrogen-bond acceptors (Lipinski definition) is 4. The predicted molar refractivity (Wildman–Crippen MR) is 79.1 cm³/mol. The number of nitrogens with zero attached hydrogens (tertiary/aromatic N) is 3. The van der Waals surface area contributed by atoms with E-state index in [-0.39, 0.29) is 0 Å². The summed E-state index contributed by atoms with van der Waals surface area (Å²) in [5.74, 6) is 1.36. The molecule has 2 aromatic rings. The Labute approximate surface area is 120 Å². The fourth-order valence-electron chi connectivity index (χ4n) is 2.16. The van der Waals surface area contributed by atoms with Gasteiger partial charge in [0.1, 0.15) is 0 Å². The molecule has 0 atom stereocenters. The van der Waals surface area contributed by atoms with Crippen LogP contribution in [0.5, 0.6) is 11.8 Å². The summed E-state index contributed by atoms with van der Waals surface area (Å²) in [5, 5.41) is 7.62. The standard InChI is InChI=1S/C15H22N4O/c1-6-16-9-13-10(2)7-11(3)17-15(13)20-14-8-12(4)18-19(14)5/h7-8,16H,6,9H2,1-5H3. The van der Waals surface area contributed by atoms with Crippen LogP contribution in [0.25, 0.3) is 0 Å². The van der Waals surface area contributed by atoms with Crippen LogP contribution in [-0.2, 0) is 13.6 Å². The molecule has 0 fully saturated rings. The molecule has 0 aliphatic rings. The summed E-state index contributed by atoms with van der Waals surface area (Å²) in [6.45, 7) is 9.76. The average Bonchev–Trinajstić information content (AvgIpc) is 2.66. The van der Waals surface area contributed by atoms with E-state index in [1.54, 1.807) is 4.68 Å². The number of nitrogens with one attached hydrogen (secondary N) is 1. The second-order valence-corrected chi connectivity index (χ2v) is 4.99. The van der Waals surface area contributed by atoms with Crippen molar-refractivity contribution in [1.82, 2.24) is 20.1 Å². The van der Waals surface area contributed by atoms with Gasteiger partial charge in [0, 0.05) is 30.9 Å². The third-order valence-electron chi connectivity index (χ3n) is 3.15. The minimum atomic E-state index is 0.659. The zero-order chi connectivity index (χ0) is 14.7. The second-order valence-electron chi connectivity index (χ2n) is 4.99. The number of ether oxygens (including phenoxy) is 1. The molecular weight excluding hydrogens is 252 g/mol. The molecule has 0 saturated heterocycles. The van der Waals surface area contributed by atoms with Gasteiger partial charge in [0.15, 0.2) is 0 Å². The Balaban J connectivity index is 2.36. The summed E-state index contributed by atoms with van der Waals surface area (Å²) in [6.07, 6.45) is 0. The first-order chi connectivity index (χ1) is 9.51. The minimum Gasteiger partial charge on any atom is -0.421 e. The first kappa shape index (κ1) is 14.5. The van der Waals surface area contributed by atoms with Crippen molar-refractivity contribution in [3.05, 3.63) is 34.6 Å². The zero-order valence-electron chi connectivity index (χ0n) is 12.8. The van der Waals surface area contributed by atoms with Gasteiger partial charge < -0.3 is 10.1 Å². The molecule has 2 aromatic heterocycles. The van der Waals surface area contributed by atoms with Gasteiger partial charge >= 0.3 is 0 Å². The number of hydrogen-bond donors (Lipinski definition) is 1. The van der Waals surface area contributed by atoms with Crippen molar-refractivity contribution in [3.8, 4) is 11.8 Å². The summed E-state index contributed by atoms with van der Waals surface area (Å²) in [6, 6.07) is 3.99. The molecule has 0 aliphatic carbocycles. The van der Waals surface area contributed by atoms with Gasteiger partial charge in [0.05, 0.1) is 5.69 Å². The van der Waals surface area contributed by atoms with Crippen LogP contribution in [-0.4, -0.2) is 21.3 Å². The molecule has 2 rings (SSSR count). The van der Waals surface area contributed by atoms with E-state index >= 15 is 0 Å². The van der Waals surface area contributed by atoms with Gasteiger partial charge in [0.2, 0.25) is 11.8 Å². The van der Waals surface area contributed by atoms with E-state index in [1.807, 2.05) is 27.0 Å². The van der Waals surface area contributed by atoms with Crippen molar-refractivity contribution in [1.29, 1.82) is 0 Å². The molecule has 0 aliphatic heterocycles. The Morgan fingerprint density at radius 1 is 1.20 bits per heavy atom. The van der Waals surface area contributed by atoms with Gasteiger partial charge in [-0.2, -0.15) is 5.10 Å². The molecule has 0 saturated carbocycles. The van der Waals surface area contributed by atoms with E-state index in [9.17, 15) is 0 Å². The van der Waals surface area contributed by atoms with Crippen molar-refractivity contribution in [2.45, 2.75) is 34.2 Å². The average molecular weight is 274 g/mol. The highest BCUT2D eigenvalue weighted by molar-refractivity contribution is 5.38. The van der Waals surface area contributed by atoms with Crippen molar-refractivity contribution in [2.24, 2.45) is 7.05 Å². The third-order valence-corrected chi connectivity index (χ3v) is 3.15. The minimum absolute atomic E-state index is 0.659. The fraction of sp³-hybridized carbons (Fsp3) is 0.467. The van der Waals surface area contributed by atoms with Crippen LogP contribution in [0, 0.1) is 20.8 Å². The lowest BCUT2D eigenvalue weighted by Crippen LogP contribution is -2.14. The molecule has 0 radical (unpaired) electrons. The van der Waals surface area contributed by atoms with E-state index < -0.39 is 0 Å². The molecule has 0 spiro atoms. The lowest BCUT2D eigenvalue weighted by Gasteiger charge is -2.13. The van der Waals surface area contributed by atoms with Gasteiger partial charge in [-0.25, -0.2) is 9.67 Å². The van der Waals surface area contributed by atoms with Crippen molar-refractivity contribution in [2.75, 3.05) is 6.54 Å². The van der Waals surface area contributed by atoms with Crippen LogP contribution >= 0.6 is 0 Å². The summed E-state index contributed by atoms with van der Waals surface area (Å²) in [5.41, 5.74) is 4.17. The van der Waals surface area contributed by atoms with Crippen LogP contribution in [0.4, 0.5) is 0 Å². The highest BCUT2D eigenvalue weighted by Crippen LogP contribution is 2.26. The fourth-order valence-corrected chi connectivity index (χ4v) is 2.16. The SMILES string of the molecule is CCNCc1c(C)cc(C)nc1Oc1cc(C)nn1C. The molecule has 108 valence electrons. The lowest BCUT2D eigenvalue weighted by molar-refractivity contribution is 0.407. The van der Waals surface area contributed by atoms with Crippen LogP contribution in [0.2, 0.25) is 0 Å². The number of aromatic nitrogens is 3. The molecule has 0 amide bonds.